The van der Waals surface area contributed by atoms with Crippen molar-refractivity contribution in [2.75, 3.05) is 5.73 Å². The van der Waals surface area contributed by atoms with E-state index < -0.39 is 11.6 Å². The summed E-state index contributed by atoms with van der Waals surface area (Å²) in [5.74, 6) is -1.86. The number of hydrogen-bond acceptors (Lipinski definition) is 1. The Labute approximate surface area is 107 Å². The maximum atomic E-state index is 13.1. The summed E-state index contributed by atoms with van der Waals surface area (Å²) in [5.41, 5.74) is 6.91. The Morgan fingerprint density at radius 1 is 0.941 bits per heavy atom. The van der Waals surface area contributed by atoms with E-state index in [0.717, 1.165) is 12.1 Å². The van der Waals surface area contributed by atoms with Crippen LogP contribution in [0, 0.1) is 11.6 Å². The normalized spacial score (nSPS) is 10.6. The Balaban J connectivity index is 2.64. The molecule has 0 saturated carbocycles. The summed E-state index contributed by atoms with van der Waals surface area (Å²) in [6, 6.07) is 6.54. The predicted molar refractivity (Wildman–Crippen MR) is 66.2 cm³/mol. The van der Waals surface area contributed by atoms with Crippen LogP contribution in [0.1, 0.15) is 0 Å². The van der Waals surface area contributed by atoms with Gasteiger partial charge in [0.2, 0.25) is 0 Å². The highest BCUT2D eigenvalue weighted by atomic mass is 35.5. The number of halogens is 4. The van der Waals surface area contributed by atoms with Crippen LogP contribution in [-0.4, -0.2) is 0 Å². The molecule has 2 rings (SSSR count). The number of rotatable bonds is 1. The number of benzene rings is 2. The van der Waals surface area contributed by atoms with Crippen LogP contribution in [0.25, 0.3) is 11.1 Å². The van der Waals surface area contributed by atoms with Crippen molar-refractivity contribution in [3.05, 3.63) is 52.0 Å². The third-order valence-electron chi connectivity index (χ3n) is 2.28. The summed E-state index contributed by atoms with van der Waals surface area (Å²) in [6.45, 7) is 0. The van der Waals surface area contributed by atoms with Gasteiger partial charge >= 0.3 is 0 Å². The predicted octanol–water partition coefficient (Wildman–Crippen LogP) is 4.52. The van der Waals surface area contributed by atoms with Crippen molar-refractivity contribution in [1.29, 1.82) is 0 Å². The van der Waals surface area contributed by atoms with E-state index in [1.54, 1.807) is 6.07 Å². The quantitative estimate of drug-likeness (QED) is 0.760. The van der Waals surface area contributed by atoms with Crippen molar-refractivity contribution in [2.24, 2.45) is 0 Å². The van der Waals surface area contributed by atoms with E-state index in [0.29, 0.717) is 16.8 Å². The van der Waals surface area contributed by atoms with Crippen molar-refractivity contribution in [1.82, 2.24) is 0 Å². The highest BCUT2D eigenvalue weighted by molar-refractivity contribution is 6.44. The van der Waals surface area contributed by atoms with E-state index in [-0.39, 0.29) is 10.0 Å². The second-order valence-corrected chi connectivity index (χ2v) is 4.28. The first kappa shape index (κ1) is 12.1. The number of hydrogen-bond donors (Lipinski definition) is 1. The van der Waals surface area contributed by atoms with Gasteiger partial charge in [-0.1, -0.05) is 29.3 Å². The fraction of sp³-hybridized carbons (Fsp3) is 0. The maximum absolute atomic E-state index is 13.1. The molecule has 0 saturated heterocycles. The molecule has 0 unspecified atom stereocenters. The summed E-state index contributed by atoms with van der Waals surface area (Å²) < 4.78 is 25.9. The molecule has 0 spiro atoms. The minimum absolute atomic E-state index is 0.256. The van der Waals surface area contributed by atoms with Crippen LogP contribution in [0.3, 0.4) is 0 Å². The molecule has 5 heteroatoms. The lowest BCUT2D eigenvalue weighted by Crippen LogP contribution is -1.90. The molecule has 88 valence electrons. The van der Waals surface area contributed by atoms with Crippen LogP contribution >= 0.6 is 23.2 Å². The average Bonchev–Trinajstić information content (AvgIpc) is 2.27. The van der Waals surface area contributed by atoms with Crippen molar-refractivity contribution >= 4 is 28.9 Å². The van der Waals surface area contributed by atoms with E-state index in [2.05, 4.69) is 0 Å². The van der Waals surface area contributed by atoms with Gasteiger partial charge < -0.3 is 5.73 Å². The Morgan fingerprint density at radius 2 is 1.65 bits per heavy atom. The lowest BCUT2D eigenvalue weighted by molar-refractivity contribution is 0.509. The standard InChI is InChI=1S/C12H7Cl2F2N/c13-9-5-7(17)4-8(12(9)14)6-1-2-10(15)11(16)3-6/h1-5H,17H2. The molecule has 0 aliphatic carbocycles. The van der Waals surface area contributed by atoms with Gasteiger partial charge in [-0.05, 0) is 29.8 Å². The average molecular weight is 274 g/mol. The largest absolute Gasteiger partial charge is 0.399 e. The first-order chi connectivity index (χ1) is 7.99. The highest BCUT2D eigenvalue weighted by Crippen LogP contribution is 2.36. The molecule has 1 nitrogen and oxygen atoms in total. The number of anilines is 1. The third-order valence-corrected chi connectivity index (χ3v) is 3.08. The van der Waals surface area contributed by atoms with Crippen LogP contribution in [0.5, 0.6) is 0 Å². The fourth-order valence-corrected chi connectivity index (χ4v) is 1.93. The van der Waals surface area contributed by atoms with E-state index in [1.807, 2.05) is 0 Å². The van der Waals surface area contributed by atoms with Crippen LogP contribution in [0.2, 0.25) is 10.0 Å². The molecule has 0 amide bonds. The molecule has 0 heterocycles. The van der Waals surface area contributed by atoms with Crippen LogP contribution in [-0.2, 0) is 0 Å². The monoisotopic (exact) mass is 273 g/mol. The minimum atomic E-state index is -0.947. The topological polar surface area (TPSA) is 26.0 Å². The smallest absolute Gasteiger partial charge is 0.159 e. The molecule has 0 radical (unpaired) electrons. The first-order valence-electron chi connectivity index (χ1n) is 4.69. The highest BCUT2D eigenvalue weighted by Gasteiger charge is 2.11. The van der Waals surface area contributed by atoms with Crippen molar-refractivity contribution in [2.45, 2.75) is 0 Å². The molecule has 0 aliphatic heterocycles. The Bertz CT molecular complexity index is 585. The van der Waals surface area contributed by atoms with E-state index >= 15 is 0 Å². The Hall–Kier alpha value is -1.32. The molecule has 17 heavy (non-hydrogen) atoms. The number of nitrogen functional groups attached to an aromatic ring is 1. The van der Waals surface area contributed by atoms with Gasteiger partial charge in [0.1, 0.15) is 0 Å². The second-order valence-electron chi connectivity index (χ2n) is 3.49. The molecule has 0 fully saturated rings. The molecule has 0 aliphatic rings. The van der Waals surface area contributed by atoms with Crippen molar-refractivity contribution < 1.29 is 8.78 Å². The van der Waals surface area contributed by atoms with Gasteiger partial charge in [0, 0.05) is 11.3 Å². The van der Waals surface area contributed by atoms with Crippen molar-refractivity contribution in [3.63, 3.8) is 0 Å². The van der Waals surface area contributed by atoms with Gasteiger partial charge in [-0.25, -0.2) is 8.78 Å². The van der Waals surface area contributed by atoms with Gasteiger partial charge in [0.25, 0.3) is 0 Å². The van der Waals surface area contributed by atoms with Crippen LogP contribution in [0.4, 0.5) is 14.5 Å². The van der Waals surface area contributed by atoms with E-state index in [9.17, 15) is 8.78 Å². The summed E-state index contributed by atoms with van der Waals surface area (Å²) >= 11 is 11.8. The first-order valence-corrected chi connectivity index (χ1v) is 5.44. The van der Waals surface area contributed by atoms with Gasteiger partial charge in [0.15, 0.2) is 11.6 Å². The molecule has 2 aromatic carbocycles. The van der Waals surface area contributed by atoms with Gasteiger partial charge in [0.05, 0.1) is 10.0 Å². The lowest BCUT2D eigenvalue weighted by Gasteiger charge is -2.08. The molecule has 2 N–H and O–H groups in total. The zero-order chi connectivity index (χ0) is 12.6. The van der Waals surface area contributed by atoms with Gasteiger partial charge in [-0.3, -0.25) is 0 Å². The third kappa shape index (κ3) is 2.35. The van der Waals surface area contributed by atoms with Gasteiger partial charge in [-0.15, -0.1) is 0 Å². The summed E-state index contributed by atoms with van der Waals surface area (Å²) in [6.07, 6.45) is 0. The zero-order valence-corrected chi connectivity index (χ0v) is 9.99. The summed E-state index contributed by atoms with van der Waals surface area (Å²) in [5, 5.41) is 0.526. The Kier molecular flexibility index (Phi) is 3.22. The molecule has 0 bridgehead atoms. The SMILES string of the molecule is Nc1cc(Cl)c(Cl)c(-c2ccc(F)c(F)c2)c1. The zero-order valence-electron chi connectivity index (χ0n) is 8.48. The molecule has 0 aromatic heterocycles. The fourth-order valence-electron chi connectivity index (χ4n) is 1.48. The summed E-state index contributed by atoms with van der Waals surface area (Å²) in [4.78, 5) is 0. The lowest BCUT2D eigenvalue weighted by atomic mass is 10.0. The summed E-state index contributed by atoms with van der Waals surface area (Å²) in [7, 11) is 0. The Morgan fingerprint density at radius 3 is 2.29 bits per heavy atom. The number of nitrogens with two attached hydrogens (primary N) is 1. The van der Waals surface area contributed by atoms with Gasteiger partial charge in [-0.2, -0.15) is 0 Å². The molecular weight excluding hydrogens is 267 g/mol. The maximum Gasteiger partial charge on any atom is 0.159 e. The molecule has 0 atom stereocenters. The van der Waals surface area contributed by atoms with E-state index in [1.165, 1.54) is 12.1 Å². The van der Waals surface area contributed by atoms with Crippen LogP contribution in [0.15, 0.2) is 30.3 Å². The molecule has 2 aromatic rings. The van der Waals surface area contributed by atoms with Crippen molar-refractivity contribution in [3.8, 4) is 11.1 Å². The van der Waals surface area contributed by atoms with E-state index in [4.69, 9.17) is 28.9 Å². The van der Waals surface area contributed by atoms with Crippen LogP contribution < -0.4 is 5.73 Å². The molecular formula is C12H7Cl2F2N. The second kappa shape index (κ2) is 4.51. The minimum Gasteiger partial charge on any atom is -0.399 e.